The monoisotopic (exact) mass is 401 g/mol. The molecule has 156 valence electrons. The summed E-state index contributed by atoms with van der Waals surface area (Å²) in [6.45, 7) is 7.39. The molecule has 0 N–H and O–H groups in total. The highest BCUT2D eigenvalue weighted by Crippen LogP contribution is 2.49. The molecule has 27 heavy (non-hydrogen) atoms. The number of hydrogen-bond donors (Lipinski definition) is 0. The molecule has 1 aliphatic heterocycles. The molecule has 0 radical (unpaired) electrons. The minimum atomic E-state index is -3.34. The summed E-state index contributed by atoms with van der Waals surface area (Å²) in [6, 6.07) is 0. The van der Waals surface area contributed by atoms with E-state index < -0.39 is 15.7 Å². The van der Waals surface area contributed by atoms with Gasteiger partial charge in [0.05, 0.1) is 12.4 Å². The molecule has 6 nitrogen and oxygen atoms in total. The number of ether oxygens (including phenoxy) is 1. The van der Waals surface area contributed by atoms with Crippen molar-refractivity contribution in [3.05, 3.63) is 0 Å². The molecule has 3 fully saturated rings. The van der Waals surface area contributed by atoms with Gasteiger partial charge in [-0.25, -0.2) is 4.79 Å². The first-order chi connectivity index (χ1) is 12.4. The number of carbonyl (C=O) groups is 1. The molecule has 0 aromatic heterocycles. The van der Waals surface area contributed by atoms with E-state index >= 15 is 0 Å². The molecule has 0 atom stereocenters. The first-order valence-electron chi connectivity index (χ1n) is 10.3. The smallest absolute Gasteiger partial charge is 0.410 e. The number of rotatable bonds is 3. The van der Waals surface area contributed by atoms with Crippen molar-refractivity contribution in [2.75, 3.05) is 19.3 Å². The number of hydrogen-bond acceptors (Lipinski definition) is 5. The molecular weight excluding hydrogens is 366 g/mol. The lowest BCUT2D eigenvalue weighted by Gasteiger charge is -2.54. The Morgan fingerprint density at radius 1 is 0.963 bits per heavy atom. The molecule has 3 aliphatic rings. The van der Waals surface area contributed by atoms with Crippen LogP contribution in [0.1, 0.15) is 72.1 Å². The zero-order valence-corrected chi connectivity index (χ0v) is 18.0. The Morgan fingerprint density at radius 2 is 1.48 bits per heavy atom. The molecule has 7 heteroatoms. The molecule has 1 spiro atoms. The van der Waals surface area contributed by atoms with Crippen LogP contribution in [0.3, 0.4) is 0 Å². The Morgan fingerprint density at radius 3 is 1.96 bits per heavy atom. The van der Waals surface area contributed by atoms with Gasteiger partial charge in [0.25, 0.3) is 10.1 Å². The van der Waals surface area contributed by atoms with Crippen LogP contribution in [0.2, 0.25) is 0 Å². The second-order valence-corrected chi connectivity index (χ2v) is 11.6. The van der Waals surface area contributed by atoms with E-state index in [0.717, 1.165) is 50.9 Å². The largest absolute Gasteiger partial charge is 0.444 e. The highest BCUT2D eigenvalue weighted by Gasteiger charge is 2.48. The molecule has 2 aliphatic carbocycles. The molecule has 2 saturated carbocycles. The highest BCUT2D eigenvalue weighted by molar-refractivity contribution is 7.86. The van der Waals surface area contributed by atoms with Crippen molar-refractivity contribution in [1.82, 2.24) is 4.90 Å². The molecule has 0 bridgehead atoms. The normalized spacial score (nSPS) is 29.4. The van der Waals surface area contributed by atoms with Gasteiger partial charge in [-0.15, -0.1) is 0 Å². The molecule has 0 unspecified atom stereocenters. The van der Waals surface area contributed by atoms with Crippen molar-refractivity contribution in [1.29, 1.82) is 0 Å². The summed E-state index contributed by atoms with van der Waals surface area (Å²) in [5.74, 6) is 1.44. The third kappa shape index (κ3) is 5.59. The Kier molecular flexibility index (Phi) is 5.84. The van der Waals surface area contributed by atoms with Crippen LogP contribution < -0.4 is 0 Å². The zero-order chi connectivity index (χ0) is 19.9. The molecule has 1 amide bonds. The van der Waals surface area contributed by atoms with Crippen LogP contribution in [-0.4, -0.2) is 50.5 Å². The predicted molar refractivity (Wildman–Crippen MR) is 104 cm³/mol. The SMILES string of the molecule is CC(C)(C)OC(=O)N1CC2(CCC(C3CCC(OS(C)(=O)=O)CC3)CC2)C1. The summed E-state index contributed by atoms with van der Waals surface area (Å²) in [7, 11) is -3.34. The molecule has 1 saturated heterocycles. The molecule has 0 aromatic carbocycles. The lowest BCUT2D eigenvalue weighted by Crippen LogP contribution is -2.60. The number of nitrogens with zero attached hydrogens (tertiary/aromatic N) is 1. The van der Waals surface area contributed by atoms with Crippen LogP contribution in [-0.2, 0) is 19.0 Å². The number of likely N-dealkylation sites (tertiary alicyclic amines) is 1. The Labute approximate surface area is 164 Å². The van der Waals surface area contributed by atoms with Gasteiger partial charge < -0.3 is 9.64 Å². The van der Waals surface area contributed by atoms with Gasteiger partial charge in [-0.1, -0.05) is 0 Å². The average Bonchev–Trinajstić information content (AvgIpc) is 2.50. The number of amides is 1. The van der Waals surface area contributed by atoms with Gasteiger partial charge >= 0.3 is 6.09 Å². The Hall–Kier alpha value is -0.820. The second-order valence-electron chi connectivity index (χ2n) is 10.0. The number of carbonyl (C=O) groups excluding carboxylic acids is 1. The minimum absolute atomic E-state index is 0.125. The fraction of sp³-hybridized carbons (Fsp3) is 0.950. The quantitative estimate of drug-likeness (QED) is 0.670. The predicted octanol–water partition coefficient (Wildman–Crippen LogP) is 3.95. The summed E-state index contributed by atoms with van der Waals surface area (Å²) in [5, 5.41) is 0. The van der Waals surface area contributed by atoms with E-state index in [1.807, 2.05) is 25.7 Å². The van der Waals surface area contributed by atoms with E-state index in [0.29, 0.717) is 11.3 Å². The summed E-state index contributed by atoms with van der Waals surface area (Å²) in [6.07, 6.45) is 9.52. The average molecular weight is 402 g/mol. The van der Waals surface area contributed by atoms with Crippen molar-refractivity contribution < 1.29 is 22.1 Å². The summed E-state index contributed by atoms with van der Waals surface area (Å²) >= 11 is 0. The van der Waals surface area contributed by atoms with E-state index in [9.17, 15) is 13.2 Å². The third-order valence-electron chi connectivity index (χ3n) is 6.49. The van der Waals surface area contributed by atoms with Gasteiger partial charge in [0.1, 0.15) is 5.60 Å². The molecule has 3 rings (SSSR count). The first kappa shape index (κ1) is 20.9. The van der Waals surface area contributed by atoms with Gasteiger partial charge in [0, 0.05) is 18.5 Å². The summed E-state index contributed by atoms with van der Waals surface area (Å²) in [4.78, 5) is 14.0. The fourth-order valence-electron chi connectivity index (χ4n) is 5.16. The standard InChI is InChI=1S/C20H35NO5S/c1-19(2,3)25-18(22)21-13-20(14-21)11-9-16(10-12-20)15-5-7-17(8-6-15)26-27(4,23)24/h15-17H,5-14H2,1-4H3. The van der Waals surface area contributed by atoms with Crippen LogP contribution in [0.15, 0.2) is 0 Å². The van der Waals surface area contributed by atoms with E-state index in [2.05, 4.69) is 0 Å². The van der Waals surface area contributed by atoms with E-state index in [4.69, 9.17) is 8.92 Å². The van der Waals surface area contributed by atoms with Crippen LogP contribution in [0.5, 0.6) is 0 Å². The van der Waals surface area contributed by atoms with Crippen molar-refractivity contribution in [2.45, 2.75) is 83.8 Å². The Balaban J connectivity index is 1.40. The molecule has 1 heterocycles. The topological polar surface area (TPSA) is 72.9 Å². The van der Waals surface area contributed by atoms with Gasteiger partial charge in [-0.05, 0) is 84.0 Å². The summed E-state index contributed by atoms with van der Waals surface area (Å²) < 4.78 is 33.2. The molecular formula is C20H35NO5S. The van der Waals surface area contributed by atoms with Crippen molar-refractivity contribution in [3.8, 4) is 0 Å². The van der Waals surface area contributed by atoms with Gasteiger partial charge in [-0.2, -0.15) is 8.42 Å². The van der Waals surface area contributed by atoms with E-state index in [-0.39, 0.29) is 12.2 Å². The van der Waals surface area contributed by atoms with Crippen molar-refractivity contribution in [3.63, 3.8) is 0 Å². The fourth-order valence-corrected chi connectivity index (χ4v) is 5.85. The lowest BCUT2D eigenvalue weighted by atomic mass is 9.62. The van der Waals surface area contributed by atoms with E-state index in [1.54, 1.807) is 0 Å². The highest BCUT2D eigenvalue weighted by atomic mass is 32.2. The second kappa shape index (κ2) is 7.54. The zero-order valence-electron chi connectivity index (χ0n) is 17.2. The maximum Gasteiger partial charge on any atom is 0.410 e. The van der Waals surface area contributed by atoms with Crippen LogP contribution in [0.25, 0.3) is 0 Å². The van der Waals surface area contributed by atoms with E-state index in [1.165, 1.54) is 25.7 Å². The van der Waals surface area contributed by atoms with Gasteiger partial charge in [-0.3, -0.25) is 4.18 Å². The third-order valence-corrected chi connectivity index (χ3v) is 7.11. The Bertz CT molecular complexity index is 630. The van der Waals surface area contributed by atoms with Crippen LogP contribution in [0, 0.1) is 17.3 Å². The van der Waals surface area contributed by atoms with Gasteiger partial charge in [0.2, 0.25) is 0 Å². The maximum atomic E-state index is 12.2. The lowest BCUT2D eigenvalue weighted by molar-refractivity contribution is -0.0595. The van der Waals surface area contributed by atoms with Crippen LogP contribution in [0.4, 0.5) is 4.79 Å². The first-order valence-corrected chi connectivity index (χ1v) is 12.1. The maximum absolute atomic E-state index is 12.2. The minimum Gasteiger partial charge on any atom is -0.444 e. The summed E-state index contributed by atoms with van der Waals surface area (Å²) in [5.41, 5.74) is -0.124. The van der Waals surface area contributed by atoms with Crippen molar-refractivity contribution in [2.24, 2.45) is 17.3 Å². The molecule has 0 aromatic rings. The van der Waals surface area contributed by atoms with Crippen LogP contribution >= 0.6 is 0 Å². The van der Waals surface area contributed by atoms with Crippen molar-refractivity contribution >= 4 is 16.2 Å². The van der Waals surface area contributed by atoms with Gasteiger partial charge in [0.15, 0.2) is 0 Å².